The number of nitrogens with one attached hydrogen (secondary N) is 1. The van der Waals surface area contributed by atoms with Crippen molar-refractivity contribution in [2.45, 2.75) is 19.6 Å². The third kappa shape index (κ3) is 5.22. The number of carbonyl (C=O) groups is 1. The van der Waals surface area contributed by atoms with Gasteiger partial charge in [0.15, 0.2) is 5.69 Å². The van der Waals surface area contributed by atoms with Gasteiger partial charge in [0.25, 0.3) is 0 Å². The maximum Gasteiger partial charge on any atom is 0.435 e. The van der Waals surface area contributed by atoms with Crippen LogP contribution in [-0.2, 0) is 12.7 Å². The number of benzene rings is 1. The van der Waals surface area contributed by atoms with Crippen molar-refractivity contribution < 1.29 is 18.0 Å². The van der Waals surface area contributed by atoms with Crippen molar-refractivity contribution in [1.82, 2.24) is 25.0 Å². The van der Waals surface area contributed by atoms with Gasteiger partial charge in [-0.15, -0.1) is 0 Å². The van der Waals surface area contributed by atoms with Crippen molar-refractivity contribution in [1.29, 1.82) is 0 Å². The number of alkyl halides is 3. The number of pyridine rings is 1. The van der Waals surface area contributed by atoms with Gasteiger partial charge in [0.1, 0.15) is 5.82 Å². The Bertz CT molecular complexity index is 1140. The number of aryl methyl sites for hydroxylation is 1. The molecule has 0 unspecified atom stereocenters. The maximum atomic E-state index is 13.3. The number of urea groups is 1. The fraction of sp³-hybridized carbons (Fsp3) is 0.318. The third-order valence-corrected chi connectivity index (χ3v) is 5.64. The van der Waals surface area contributed by atoms with E-state index in [0.29, 0.717) is 42.7 Å². The van der Waals surface area contributed by atoms with Crippen LogP contribution in [-0.4, -0.2) is 51.9 Å². The first kappa shape index (κ1) is 22.9. The van der Waals surface area contributed by atoms with E-state index in [0.717, 1.165) is 11.6 Å². The first-order valence-electron chi connectivity index (χ1n) is 10.3. The van der Waals surface area contributed by atoms with Crippen molar-refractivity contribution >= 4 is 23.4 Å². The molecule has 2 aromatic heterocycles. The van der Waals surface area contributed by atoms with E-state index in [-0.39, 0.29) is 18.3 Å². The number of piperazine rings is 1. The van der Waals surface area contributed by atoms with Crippen LogP contribution in [0.15, 0.2) is 48.7 Å². The molecule has 33 heavy (non-hydrogen) atoms. The highest BCUT2D eigenvalue weighted by atomic mass is 35.5. The van der Waals surface area contributed by atoms with Crippen LogP contribution < -0.4 is 10.2 Å². The highest BCUT2D eigenvalue weighted by molar-refractivity contribution is 6.32. The zero-order valence-electron chi connectivity index (χ0n) is 17.8. The molecule has 0 saturated carbocycles. The minimum atomic E-state index is -4.59. The average molecular weight is 479 g/mol. The molecule has 1 aliphatic rings. The molecule has 1 aliphatic heterocycles. The van der Waals surface area contributed by atoms with Crippen LogP contribution in [0, 0.1) is 6.92 Å². The van der Waals surface area contributed by atoms with Gasteiger partial charge in [-0.3, -0.25) is 0 Å². The standard InChI is InChI=1S/C22H22ClF3N6O/c1-15-4-2-5-16(12-15)32-17(13-19(29-32)22(24,25)26)14-28-21(33)31-10-8-30(9-11-31)20-18(23)6-3-7-27-20/h2-7,12-13H,8-11,14H2,1H3,(H,28,33). The van der Waals surface area contributed by atoms with E-state index >= 15 is 0 Å². The van der Waals surface area contributed by atoms with Gasteiger partial charge in [-0.1, -0.05) is 23.7 Å². The van der Waals surface area contributed by atoms with E-state index in [1.165, 1.54) is 4.68 Å². The van der Waals surface area contributed by atoms with Crippen LogP contribution in [0.5, 0.6) is 0 Å². The van der Waals surface area contributed by atoms with E-state index in [4.69, 9.17) is 11.6 Å². The van der Waals surface area contributed by atoms with Crippen molar-refractivity contribution in [3.8, 4) is 5.69 Å². The Morgan fingerprint density at radius 3 is 2.55 bits per heavy atom. The molecule has 1 aromatic carbocycles. The molecule has 2 amide bonds. The van der Waals surface area contributed by atoms with Crippen molar-refractivity contribution in [3.05, 3.63) is 70.6 Å². The molecule has 11 heteroatoms. The average Bonchev–Trinajstić information content (AvgIpc) is 3.23. The zero-order chi connectivity index (χ0) is 23.6. The molecule has 0 atom stereocenters. The minimum absolute atomic E-state index is 0.0951. The smallest absolute Gasteiger partial charge is 0.352 e. The summed E-state index contributed by atoms with van der Waals surface area (Å²) >= 11 is 6.20. The first-order chi connectivity index (χ1) is 15.7. The summed E-state index contributed by atoms with van der Waals surface area (Å²) in [6, 6.07) is 11.1. The van der Waals surface area contributed by atoms with Gasteiger partial charge in [0.2, 0.25) is 0 Å². The number of rotatable bonds is 4. The topological polar surface area (TPSA) is 66.3 Å². The van der Waals surface area contributed by atoms with E-state index in [1.54, 1.807) is 41.4 Å². The number of amides is 2. The molecule has 1 saturated heterocycles. The van der Waals surface area contributed by atoms with E-state index in [2.05, 4.69) is 15.4 Å². The number of halogens is 4. The van der Waals surface area contributed by atoms with Crippen LogP contribution in [0.3, 0.4) is 0 Å². The Hall–Kier alpha value is -3.27. The quantitative estimate of drug-likeness (QED) is 0.608. The van der Waals surface area contributed by atoms with Crippen LogP contribution in [0.2, 0.25) is 5.02 Å². The lowest BCUT2D eigenvalue weighted by Crippen LogP contribution is -2.52. The van der Waals surface area contributed by atoms with Crippen LogP contribution >= 0.6 is 11.6 Å². The molecule has 0 bridgehead atoms. The number of anilines is 1. The number of carbonyl (C=O) groups excluding carboxylic acids is 1. The van der Waals surface area contributed by atoms with Gasteiger partial charge >= 0.3 is 12.2 Å². The SMILES string of the molecule is Cc1cccc(-n2nc(C(F)(F)F)cc2CNC(=O)N2CCN(c3ncccc3Cl)CC2)c1. The Morgan fingerprint density at radius 2 is 1.88 bits per heavy atom. The van der Waals surface area contributed by atoms with Gasteiger partial charge in [0, 0.05) is 32.4 Å². The summed E-state index contributed by atoms with van der Waals surface area (Å²) in [5.41, 5.74) is 0.613. The predicted octanol–water partition coefficient (Wildman–Crippen LogP) is 4.28. The fourth-order valence-electron chi connectivity index (χ4n) is 3.68. The van der Waals surface area contributed by atoms with E-state index in [1.807, 2.05) is 17.9 Å². The second-order valence-corrected chi connectivity index (χ2v) is 8.12. The molecule has 3 heterocycles. The van der Waals surface area contributed by atoms with Gasteiger partial charge in [-0.25, -0.2) is 14.5 Å². The summed E-state index contributed by atoms with van der Waals surface area (Å²) in [4.78, 5) is 20.6. The molecule has 4 rings (SSSR count). The molecule has 1 fully saturated rings. The van der Waals surface area contributed by atoms with Crippen LogP contribution in [0.25, 0.3) is 5.69 Å². The number of aromatic nitrogens is 3. The lowest BCUT2D eigenvalue weighted by molar-refractivity contribution is -0.141. The Morgan fingerprint density at radius 1 is 1.12 bits per heavy atom. The lowest BCUT2D eigenvalue weighted by atomic mass is 10.2. The molecule has 7 nitrogen and oxygen atoms in total. The minimum Gasteiger partial charge on any atom is -0.352 e. The summed E-state index contributed by atoms with van der Waals surface area (Å²) in [7, 11) is 0. The number of hydrogen-bond donors (Lipinski definition) is 1. The molecule has 0 radical (unpaired) electrons. The molecule has 0 aliphatic carbocycles. The normalized spacial score (nSPS) is 14.5. The zero-order valence-corrected chi connectivity index (χ0v) is 18.6. The molecular formula is C22H22ClF3N6O. The van der Waals surface area contributed by atoms with Crippen molar-refractivity contribution in [2.75, 3.05) is 31.1 Å². The molecule has 1 N–H and O–H groups in total. The summed E-state index contributed by atoms with van der Waals surface area (Å²) < 4.78 is 41.1. The molecule has 3 aromatic rings. The second-order valence-electron chi connectivity index (χ2n) is 7.71. The van der Waals surface area contributed by atoms with E-state index in [9.17, 15) is 18.0 Å². The van der Waals surface area contributed by atoms with Gasteiger partial charge in [-0.05, 0) is 42.8 Å². The Balaban J connectivity index is 1.43. The number of hydrogen-bond acceptors (Lipinski definition) is 4. The molecule has 0 spiro atoms. The third-order valence-electron chi connectivity index (χ3n) is 5.35. The van der Waals surface area contributed by atoms with Gasteiger partial charge in [0.05, 0.1) is 22.9 Å². The van der Waals surface area contributed by atoms with Gasteiger partial charge < -0.3 is 15.1 Å². The largest absolute Gasteiger partial charge is 0.435 e. The number of nitrogens with zero attached hydrogens (tertiary/aromatic N) is 5. The van der Waals surface area contributed by atoms with Crippen LogP contribution in [0.1, 0.15) is 17.0 Å². The van der Waals surface area contributed by atoms with Gasteiger partial charge in [-0.2, -0.15) is 18.3 Å². The first-order valence-corrected chi connectivity index (χ1v) is 10.7. The maximum absolute atomic E-state index is 13.3. The highest BCUT2D eigenvalue weighted by Gasteiger charge is 2.35. The summed E-state index contributed by atoms with van der Waals surface area (Å²) in [6.45, 7) is 3.71. The van der Waals surface area contributed by atoms with Crippen molar-refractivity contribution in [3.63, 3.8) is 0 Å². The monoisotopic (exact) mass is 478 g/mol. The second kappa shape index (κ2) is 9.30. The summed E-state index contributed by atoms with van der Waals surface area (Å²) in [5, 5.41) is 7.00. The molecule has 174 valence electrons. The Kier molecular flexibility index (Phi) is 6.46. The summed E-state index contributed by atoms with van der Waals surface area (Å²) in [5.74, 6) is 0.668. The highest BCUT2D eigenvalue weighted by Crippen LogP contribution is 2.30. The van der Waals surface area contributed by atoms with E-state index < -0.39 is 11.9 Å². The lowest BCUT2D eigenvalue weighted by Gasteiger charge is -2.35. The fourth-order valence-corrected chi connectivity index (χ4v) is 3.92. The predicted molar refractivity (Wildman–Crippen MR) is 119 cm³/mol. The summed E-state index contributed by atoms with van der Waals surface area (Å²) in [6.07, 6.45) is -2.93. The van der Waals surface area contributed by atoms with Crippen molar-refractivity contribution in [2.24, 2.45) is 0 Å². The Labute approximate surface area is 193 Å². The van der Waals surface area contributed by atoms with Crippen LogP contribution in [0.4, 0.5) is 23.8 Å². The molecular weight excluding hydrogens is 457 g/mol.